The van der Waals surface area contributed by atoms with Crippen LogP contribution in [0.25, 0.3) is 11.0 Å². The first-order chi connectivity index (χ1) is 12.7. The fourth-order valence-electron chi connectivity index (χ4n) is 4.24. The van der Waals surface area contributed by atoms with Crippen LogP contribution in [0, 0.1) is 0 Å². The van der Waals surface area contributed by atoms with Crippen molar-refractivity contribution >= 4 is 16.9 Å². The van der Waals surface area contributed by atoms with Crippen LogP contribution < -0.4 is 5.69 Å². The minimum Gasteiger partial charge on any atom is -0.378 e. The summed E-state index contributed by atoms with van der Waals surface area (Å²) in [6.45, 7) is 6.31. The summed E-state index contributed by atoms with van der Waals surface area (Å²) >= 11 is 0. The van der Waals surface area contributed by atoms with E-state index in [4.69, 9.17) is 4.74 Å². The van der Waals surface area contributed by atoms with Crippen molar-refractivity contribution in [1.82, 2.24) is 19.4 Å². The third-order valence-electron chi connectivity index (χ3n) is 5.70. The van der Waals surface area contributed by atoms with Crippen molar-refractivity contribution in [1.29, 1.82) is 0 Å². The summed E-state index contributed by atoms with van der Waals surface area (Å²) < 4.78 is 7.39. The number of rotatable bonds is 3. The number of ether oxygens (including phenoxy) is 1. The van der Waals surface area contributed by atoms with Gasteiger partial charge in [-0.3, -0.25) is 14.3 Å². The number of benzene rings is 1. The Morgan fingerprint density at radius 3 is 2.77 bits per heavy atom. The summed E-state index contributed by atoms with van der Waals surface area (Å²) in [7, 11) is 0. The SMILES string of the molecule is CCN1CCOCC1C(=O)N1CCC(n2c(=O)[nH]c3ccccc32)CC1. The van der Waals surface area contributed by atoms with E-state index in [1.54, 1.807) is 0 Å². The minimum atomic E-state index is -0.166. The van der Waals surface area contributed by atoms with Gasteiger partial charge in [0.1, 0.15) is 6.04 Å². The summed E-state index contributed by atoms with van der Waals surface area (Å²) in [6, 6.07) is 7.74. The molecule has 2 saturated heterocycles. The number of piperidine rings is 1. The van der Waals surface area contributed by atoms with E-state index in [2.05, 4.69) is 16.8 Å². The smallest absolute Gasteiger partial charge is 0.326 e. The second-order valence-electron chi connectivity index (χ2n) is 7.09. The molecule has 0 saturated carbocycles. The second-order valence-corrected chi connectivity index (χ2v) is 7.09. The van der Waals surface area contributed by atoms with Gasteiger partial charge in [0.15, 0.2) is 0 Å². The number of likely N-dealkylation sites (N-methyl/N-ethyl adjacent to an activating group) is 1. The number of aromatic amines is 1. The van der Waals surface area contributed by atoms with Crippen molar-refractivity contribution in [2.45, 2.75) is 31.8 Å². The number of aromatic nitrogens is 2. The molecule has 2 aliphatic rings. The fourth-order valence-corrected chi connectivity index (χ4v) is 4.24. The van der Waals surface area contributed by atoms with E-state index < -0.39 is 0 Å². The second kappa shape index (κ2) is 7.25. The number of imidazole rings is 1. The number of amides is 1. The predicted octanol–water partition coefficient (Wildman–Crippen LogP) is 1.21. The van der Waals surface area contributed by atoms with E-state index in [9.17, 15) is 9.59 Å². The Kier molecular flexibility index (Phi) is 4.82. The Morgan fingerprint density at radius 2 is 2.00 bits per heavy atom. The Bertz CT molecular complexity index is 835. The molecule has 2 fully saturated rings. The zero-order valence-electron chi connectivity index (χ0n) is 15.2. The van der Waals surface area contributed by atoms with Crippen molar-refractivity contribution in [3.05, 3.63) is 34.7 Å². The molecule has 1 aromatic heterocycles. The molecular weight excluding hydrogens is 332 g/mol. The van der Waals surface area contributed by atoms with Gasteiger partial charge in [-0.25, -0.2) is 4.79 Å². The van der Waals surface area contributed by atoms with Crippen LogP contribution in [0.15, 0.2) is 29.1 Å². The third-order valence-corrected chi connectivity index (χ3v) is 5.70. The van der Waals surface area contributed by atoms with Gasteiger partial charge in [0.2, 0.25) is 5.91 Å². The van der Waals surface area contributed by atoms with E-state index in [-0.39, 0.29) is 23.7 Å². The minimum absolute atomic E-state index is 0.0613. The molecule has 0 spiro atoms. The van der Waals surface area contributed by atoms with Gasteiger partial charge in [-0.05, 0) is 31.5 Å². The van der Waals surface area contributed by atoms with E-state index in [0.29, 0.717) is 26.3 Å². The molecule has 2 aliphatic heterocycles. The van der Waals surface area contributed by atoms with Gasteiger partial charge in [-0.1, -0.05) is 19.1 Å². The van der Waals surface area contributed by atoms with Crippen LogP contribution in [0.3, 0.4) is 0 Å². The molecule has 1 atom stereocenters. The average molecular weight is 358 g/mol. The first-order valence-electron chi connectivity index (χ1n) is 9.49. The molecule has 1 aromatic carbocycles. The number of hydrogen-bond donors (Lipinski definition) is 1. The monoisotopic (exact) mass is 358 g/mol. The highest BCUT2D eigenvalue weighted by Crippen LogP contribution is 2.25. The zero-order chi connectivity index (χ0) is 18.1. The first kappa shape index (κ1) is 17.3. The van der Waals surface area contributed by atoms with Crippen molar-refractivity contribution < 1.29 is 9.53 Å². The average Bonchev–Trinajstić information content (AvgIpc) is 3.03. The van der Waals surface area contributed by atoms with Crippen molar-refractivity contribution in [2.75, 3.05) is 39.4 Å². The molecule has 0 bridgehead atoms. The lowest BCUT2D eigenvalue weighted by atomic mass is 10.0. The van der Waals surface area contributed by atoms with Crippen LogP contribution in [-0.2, 0) is 9.53 Å². The highest BCUT2D eigenvalue weighted by molar-refractivity contribution is 5.82. The van der Waals surface area contributed by atoms with Gasteiger partial charge in [0, 0.05) is 25.7 Å². The van der Waals surface area contributed by atoms with Crippen LogP contribution >= 0.6 is 0 Å². The lowest BCUT2D eigenvalue weighted by molar-refractivity contribution is -0.144. The molecule has 1 unspecified atom stereocenters. The number of nitrogens with one attached hydrogen (secondary N) is 1. The van der Waals surface area contributed by atoms with E-state index in [1.807, 2.05) is 33.7 Å². The Labute approximate surface area is 152 Å². The summed E-state index contributed by atoms with van der Waals surface area (Å²) in [4.78, 5) is 32.4. The normalized spacial score (nSPS) is 22.8. The van der Waals surface area contributed by atoms with Gasteiger partial charge >= 0.3 is 5.69 Å². The molecule has 2 aromatic rings. The standard InChI is InChI=1S/C19H26N4O3/c1-2-21-11-12-26-13-17(21)18(24)22-9-7-14(8-10-22)23-16-6-4-3-5-15(16)20-19(23)25/h3-6,14,17H,2,7-13H2,1H3,(H,20,25). The number of H-pyrrole nitrogens is 1. The number of likely N-dealkylation sites (tertiary alicyclic amines) is 1. The van der Waals surface area contributed by atoms with Crippen LogP contribution in [0.5, 0.6) is 0 Å². The molecular formula is C19H26N4O3. The largest absolute Gasteiger partial charge is 0.378 e. The molecule has 0 radical (unpaired) electrons. The number of para-hydroxylation sites is 2. The molecule has 7 nitrogen and oxygen atoms in total. The van der Waals surface area contributed by atoms with Crippen molar-refractivity contribution in [2.24, 2.45) is 0 Å². The number of carbonyl (C=O) groups excluding carboxylic acids is 1. The highest BCUT2D eigenvalue weighted by Gasteiger charge is 2.34. The van der Waals surface area contributed by atoms with Crippen LogP contribution in [0.1, 0.15) is 25.8 Å². The van der Waals surface area contributed by atoms with Crippen LogP contribution in [0.4, 0.5) is 0 Å². The topological polar surface area (TPSA) is 70.6 Å². The molecule has 4 rings (SSSR count). The fraction of sp³-hybridized carbons (Fsp3) is 0.579. The lowest BCUT2D eigenvalue weighted by Gasteiger charge is -2.39. The van der Waals surface area contributed by atoms with Gasteiger partial charge in [0.25, 0.3) is 0 Å². The zero-order valence-corrected chi connectivity index (χ0v) is 15.2. The van der Waals surface area contributed by atoms with Crippen LogP contribution in [-0.4, -0.2) is 70.7 Å². The maximum Gasteiger partial charge on any atom is 0.326 e. The summed E-state index contributed by atoms with van der Waals surface area (Å²) in [6.07, 6.45) is 1.60. The number of carbonyl (C=O) groups is 1. The maximum atomic E-state index is 12.9. The highest BCUT2D eigenvalue weighted by atomic mass is 16.5. The Morgan fingerprint density at radius 1 is 1.23 bits per heavy atom. The van der Waals surface area contributed by atoms with Crippen LogP contribution in [0.2, 0.25) is 0 Å². The number of fused-ring (bicyclic) bond motifs is 1. The molecule has 7 heteroatoms. The van der Waals surface area contributed by atoms with Crippen molar-refractivity contribution in [3.63, 3.8) is 0 Å². The van der Waals surface area contributed by atoms with Crippen molar-refractivity contribution in [3.8, 4) is 0 Å². The molecule has 3 heterocycles. The van der Waals surface area contributed by atoms with E-state index in [0.717, 1.165) is 37.0 Å². The van der Waals surface area contributed by atoms with Gasteiger partial charge in [-0.15, -0.1) is 0 Å². The third kappa shape index (κ3) is 3.05. The van der Waals surface area contributed by atoms with Gasteiger partial charge < -0.3 is 14.6 Å². The molecule has 140 valence electrons. The van der Waals surface area contributed by atoms with E-state index >= 15 is 0 Å². The van der Waals surface area contributed by atoms with Gasteiger partial charge in [0.05, 0.1) is 24.2 Å². The molecule has 0 aliphatic carbocycles. The predicted molar refractivity (Wildman–Crippen MR) is 99.3 cm³/mol. The molecule has 1 N–H and O–H groups in total. The summed E-state index contributed by atoms with van der Waals surface area (Å²) in [5.74, 6) is 0.163. The number of nitrogens with zero attached hydrogens (tertiary/aromatic N) is 3. The Balaban J connectivity index is 1.46. The molecule has 1 amide bonds. The maximum absolute atomic E-state index is 12.9. The quantitative estimate of drug-likeness (QED) is 0.895. The Hall–Kier alpha value is -2.12. The number of hydrogen-bond acceptors (Lipinski definition) is 4. The molecule has 26 heavy (non-hydrogen) atoms. The summed E-state index contributed by atoms with van der Waals surface area (Å²) in [5.41, 5.74) is 1.75. The van der Waals surface area contributed by atoms with E-state index in [1.165, 1.54) is 0 Å². The number of morpholine rings is 1. The summed E-state index contributed by atoms with van der Waals surface area (Å²) in [5, 5.41) is 0. The lowest BCUT2D eigenvalue weighted by Crippen LogP contribution is -2.56. The first-order valence-corrected chi connectivity index (χ1v) is 9.49. The van der Waals surface area contributed by atoms with Gasteiger partial charge in [-0.2, -0.15) is 0 Å².